The van der Waals surface area contributed by atoms with E-state index in [0.717, 1.165) is 30.7 Å². The Bertz CT molecular complexity index is 729. The lowest BCUT2D eigenvalue weighted by Crippen LogP contribution is -2.25. The van der Waals surface area contributed by atoms with E-state index in [2.05, 4.69) is 10.4 Å². The Balaban J connectivity index is 1.51. The van der Waals surface area contributed by atoms with Crippen LogP contribution in [0.15, 0.2) is 18.3 Å². The Morgan fingerprint density at radius 1 is 1.35 bits per heavy atom. The smallest absolute Gasteiger partial charge is 0.179 e. The van der Waals surface area contributed by atoms with Crippen LogP contribution in [0.2, 0.25) is 5.02 Å². The predicted octanol–water partition coefficient (Wildman–Crippen LogP) is 3.01. The fourth-order valence-electron chi connectivity index (χ4n) is 3.43. The predicted molar refractivity (Wildman–Crippen MR) is 88.2 cm³/mol. The van der Waals surface area contributed by atoms with Crippen molar-refractivity contribution in [2.75, 3.05) is 13.2 Å². The number of ether oxygens (including phenoxy) is 2. The van der Waals surface area contributed by atoms with Gasteiger partial charge in [0.2, 0.25) is 0 Å². The molecule has 0 saturated carbocycles. The summed E-state index contributed by atoms with van der Waals surface area (Å²) in [6.07, 6.45) is 5.42. The maximum Gasteiger partial charge on any atom is 0.179 e. The van der Waals surface area contributed by atoms with Crippen molar-refractivity contribution in [1.82, 2.24) is 15.1 Å². The van der Waals surface area contributed by atoms with Crippen LogP contribution in [-0.2, 0) is 20.0 Å². The third-order valence-corrected chi connectivity index (χ3v) is 4.87. The van der Waals surface area contributed by atoms with Gasteiger partial charge in [0.15, 0.2) is 11.5 Å². The van der Waals surface area contributed by atoms with E-state index in [9.17, 15) is 0 Å². The first-order valence-electron chi connectivity index (χ1n) is 8.04. The normalized spacial score (nSPS) is 19.5. The van der Waals surface area contributed by atoms with E-state index in [4.69, 9.17) is 21.1 Å². The van der Waals surface area contributed by atoms with E-state index in [1.54, 1.807) is 0 Å². The molecule has 1 N–H and O–H groups in total. The van der Waals surface area contributed by atoms with Gasteiger partial charge in [-0.05, 0) is 37.0 Å². The second kappa shape index (κ2) is 6.06. The van der Waals surface area contributed by atoms with Crippen molar-refractivity contribution >= 4 is 11.6 Å². The molecule has 0 saturated heterocycles. The molecule has 0 bridgehead atoms. The van der Waals surface area contributed by atoms with Crippen molar-refractivity contribution in [3.63, 3.8) is 0 Å². The Labute approximate surface area is 140 Å². The fraction of sp³-hybridized carbons (Fsp3) is 0.471. The topological polar surface area (TPSA) is 48.3 Å². The van der Waals surface area contributed by atoms with Gasteiger partial charge in [-0.2, -0.15) is 5.10 Å². The highest BCUT2D eigenvalue weighted by molar-refractivity contribution is 6.32. The van der Waals surface area contributed by atoms with Crippen LogP contribution in [0.25, 0.3) is 0 Å². The van der Waals surface area contributed by atoms with Gasteiger partial charge < -0.3 is 14.8 Å². The molecule has 1 atom stereocenters. The van der Waals surface area contributed by atoms with Crippen LogP contribution in [0.1, 0.15) is 35.7 Å². The SMILES string of the molecule is Cn1ncc2c1CCC[C@@H]2NCc1cc(Cl)c2c(c1)OCCO2. The average Bonchev–Trinajstić information content (AvgIpc) is 2.95. The summed E-state index contributed by atoms with van der Waals surface area (Å²) in [6.45, 7) is 1.87. The minimum Gasteiger partial charge on any atom is -0.486 e. The molecule has 0 fully saturated rings. The Morgan fingerprint density at radius 2 is 2.22 bits per heavy atom. The monoisotopic (exact) mass is 333 g/mol. The molecule has 0 amide bonds. The van der Waals surface area contributed by atoms with Crippen LogP contribution in [0.4, 0.5) is 0 Å². The molecule has 0 spiro atoms. The van der Waals surface area contributed by atoms with Crippen LogP contribution < -0.4 is 14.8 Å². The average molecular weight is 334 g/mol. The quantitative estimate of drug-likeness (QED) is 0.938. The van der Waals surface area contributed by atoms with Gasteiger partial charge in [0.05, 0.1) is 11.2 Å². The van der Waals surface area contributed by atoms with Crippen molar-refractivity contribution in [1.29, 1.82) is 0 Å². The lowest BCUT2D eigenvalue weighted by molar-refractivity contribution is 0.171. The van der Waals surface area contributed by atoms with Gasteiger partial charge in [0.25, 0.3) is 0 Å². The van der Waals surface area contributed by atoms with Crippen molar-refractivity contribution in [2.45, 2.75) is 31.8 Å². The number of aryl methyl sites for hydroxylation is 1. The van der Waals surface area contributed by atoms with E-state index in [-0.39, 0.29) is 0 Å². The molecule has 2 aliphatic rings. The molecule has 122 valence electrons. The summed E-state index contributed by atoms with van der Waals surface area (Å²) in [7, 11) is 2.02. The van der Waals surface area contributed by atoms with Crippen molar-refractivity contribution in [3.05, 3.63) is 40.2 Å². The van der Waals surface area contributed by atoms with E-state index >= 15 is 0 Å². The molecule has 1 aliphatic carbocycles. The second-order valence-electron chi connectivity index (χ2n) is 6.10. The summed E-state index contributed by atoms with van der Waals surface area (Å²) >= 11 is 6.31. The highest BCUT2D eigenvalue weighted by atomic mass is 35.5. The largest absolute Gasteiger partial charge is 0.486 e. The Morgan fingerprint density at radius 3 is 3.13 bits per heavy atom. The summed E-state index contributed by atoms with van der Waals surface area (Å²) < 4.78 is 13.2. The number of fused-ring (bicyclic) bond motifs is 2. The van der Waals surface area contributed by atoms with E-state index in [1.165, 1.54) is 17.7 Å². The molecule has 4 rings (SSSR count). The van der Waals surface area contributed by atoms with E-state index < -0.39 is 0 Å². The van der Waals surface area contributed by atoms with Crippen LogP contribution in [0, 0.1) is 0 Å². The number of rotatable bonds is 3. The Kier molecular flexibility index (Phi) is 3.91. The first-order chi connectivity index (χ1) is 11.2. The summed E-state index contributed by atoms with van der Waals surface area (Å²) in [6, 6.07) is 4.31. The molecule has 6 heteroatoms. The number of hydrogen-bond acceptors (Lipinski definition) is 4. The maximum atomic E-state index is 6.31. The highest BCUT2D eigenvalue weighted by Gasteiger charge is 2.23. The van der Waals surface area contributed by atoms with Gasteiger partial charge in [0, 0.05) is 30.9 Å². The number of nitrogens with zero attached hydrogens (tertiary/aromatic N) is 2. The fourth-order valence-corrected chi connectivity index (χ4v) is 3.71. The zero-order valence-corrected chi connectivity index (χ0v) is 13.9. The van der Waals surface area contributed by atoms with Gasteiger partial charge in [-0.1, -0.05) is 11.6 Å². The minimum absolute atomic E-state index is 0.347. The third-order valence-electron chi connectivity index (χ3n) is 4.58. The van der Waals surface area contributed by atoms with Crippen LogP contribution in [-0.4, -0.2) is 23.0 Å². The lowest BCUT2D eigenvalue weighted by Gasteiger charge is -2.25. The van der Waals surface area contributed by atoms with Crippen molar-refractivity contribution < 1.29 is 9.47 Å². The molecule has 23 heavy (non-hydrogen) atoms. The maximum absolute atomic E-state index is 6.31. The first-order valence-corrected chi connectivity index (χ1v) is 8.42. The molecule has 0 unspecified atom stereocenters. The minimum atomic E-state index is 0.347. The van der Waals surface area contributed by atoms with Gasteiger partial charge in [-0.15, -0.1) is 0 Å². The number of benzene rings is 1. The molecular formula is C17H20ClN3O2. The number of nitrogens with one attached hydrogen (secondary N) is 1. The molecule has 2 heterocycles. The third kappa shape index (κ3) is 2.79. The Hall–Kier alpha value is -1.72. The van der Waals surface area contributed by atoms with Crippen LogP contribution >= 0.6 is 11.6 Å². The molecular weight excluding hydrogens is 314 g/mol. The standard InChI is InChI=1S/C17H20ClN3O2/c1-21-15-4-2-3-14(12(15)10-20-21)19-9-11-7-13(18)17-16(8-11)22-5-6-23-17/h7-8,10,14,19H,2-6,9H2,1H3/t14-/m0/s1. The van der Waals surface area contributed by atoms with Gasteiger partial charge >= 0.3 is 0 Å². The number of hydrogen-bond donors (Lipinski definition) is 1. The molecule has 1 aromatic carbocycles. The molecule has 1 aromatic heterocycles. The molecule has 0 radical (unpaired) electrons. The molecule has 1 aliphatic heterocycles. The first kappa shape index (κ1) is 14.8. The zero-order valence-electron chi connectivity index (χ0n) is 13.1. The summed E-state index contributed by atoms with van der Waals surface area (Å²) in [5.41, 5.74) is 3.77. The number of halogens is 1. The van der Waals surface area contributed by atoms with Crippen molar-refractivity contribution in [2.24, 2.45) is 7.05 Å². The van der Waals surface area contributed by atoms with Gasteiger partial charge in [0.1, 0.15) is 13.2 Å². The summed E-state index contributed by atoms with van der Waals surface area (Å²) in [4.78, 5) is 0. The van der Waals surface area contributed by atoms with Crippen LogP contribution in [0.3, 0.4) is 0 Å². The molecule has 5 nitrogen and oxygen atoms in total. The lowest BCUT2D eigenvalue weighted by atomic mass is 9.93. The van der Waals surface area contributed by atoms with E-state index in [1.807, 2.05) is 30.1 Å². The van der Waals surface area contributed by atoms with Gasteiger partial charge in [-0.25, -0.2) is 0 Å². The van der Waals surface area contributed by atoms with E-state index in [0.29, 0.717) is 30.0 Å². The zero-order chi connectivity index (χ0) is 15.8. The van der Waals surface area contributed by atoms with Crippen molar-refractivity contribution in [3.8, 4) is 11.5 Å². The molecule has 2 aromatic rings. The summed E-state index contributed by atoms with van der Waals surface area (Å²) in [5, 5.41) is 8.64. The van der Waals surface area contributed by atoms with Gasteiger partial charge in [-0.3, -0.25) is 4.68 Å². The highest BCUT2D eigenvalue weighted by Crippen LogP contribution is 2.38. The van der Waals surface area contributed by atoms with Crippen LogP contribution in [0.5, 0.6) is 11.5 Å². The second-order valence-corrected chi connectivity index (χ2v) is 6.50. The number of aromatic nitrogens is 2. The summed E-state index contributed by atoms with van der Waals surface area (Å²) in [5.74, 6) is 1.40.